The van der Waals surface area contributed by atoms with Crippen molar-refractivity contribution < 1.29 is 4.21 Å². The van der Waals surface area contributed by atoms with Gasteiger partial charge in [0.1, 0.15) is 0 Å². The Balaban J connectivity index is 2.19. The van der Waals surface area contributed by atoms with Crippen LogP contribution in [0.3, 0.4) is 0 Å². The third-order valence-corrected chi connectivity index (χ3v) is 5.47. The molecule has 84 valence electrons. The van der Waals surface area contributed by atoms with Crippen LogP contribution in [0, 0.1) is 0 Å². The minimum atomic E-state index is -0.730. The van der Waals surface area contributed by atoms with Gasteiger partial charge in [-0.15, -0.1) is 11.3 Å². The van der Waals surface area contributed by atoms with E-state index in [0.717, 1.165) is 10.1 Å². The summed E-state index contributed by atoms with van der Waals surface area (Å²) in [6, 6.07) is 4.10. The number of nitrogens with one attached hydrogen (secondary N) is 1. The van der Waals surface area contributed by atoms with Crippen molar-refractivity contribution in [2.24, 2.45) is 0 Å². The summed E-state index contributed by atoms with van der Waals surface area (Å²) in [5.41, 5.74) is -0.0513. The molecule has 1 aliphatic heterocycles. The van der Waals surface area contributed by atoms with E-state index in [1.807, 2.05) is 12.1 Å². The van der Waals surface area contributed by atoms with Crippen molar-refractivity contribution >= 4 is 33.7 Å². The van der Waals surface area contributed by atoms with Gasteiger partial charge < -0.3 is 5.32 Å². The fourth-order valence-corrected chi connectivity index (χ4v) is 4.73. The Morgan fingerprint density at radius 3 is 2.87 bits per heavy atom. The summed E-state index contributed by atoms with van der Waals surface area (Å²) < 4.78 is 12.5. The Morgan fingerprint density at radius 1 is 1.60 bits per heavy atom. The fourth-order valence-electron chi connectivity index (χ4n) is 1.87. The second-order valence-corrected chi connectivity index (χ2v) is 7.72. The maximum atomic E-state index is 11.7. The van der Waals surface area contributed by atoms with Gasteiger partial charge in [-0.05, 0) is 26.0 Å². The van der Waals surface area contributed by atoms with Gasteiger partial charge in [-0.3, -0.25) is 4.21 Å². The summed E-state index contributed by atoms with van der Waals surface area (Å²) in [5.74, 6) is 1.42. The van der Waals surface area contributed by atoms with Crippen LogP contribution >= 0.6 is 22.9 Å². The predicted octanol–water partition coefficient (Wildman–Crippen LogP) is 2.57. The van der Waals surface area contributed by atoms with Crippen molar-refractivity contribution in [1.29, 1.82) is 0 Å². The van der Waals surface area contributed by atoms with Gasteiger partial charge in [0.2, 0.25) is 0 Å². The molecule has 1 saturated heterocycles. The summed E-state index contributed by atoms with van der Waals surface area (Å²) in [5, 5.41) is 3.51. The van der Waals surface area contributed by atoms with E-state index in [-0.39, 0.29) is 11.6 Å². The lowest BCUT2D eigenvalue weighted by molar-refractivity contribution is 0.372. The third kappa shape index (κ3) is 2.81. The third-order valence-electron chi connectivity index (χ3n) is 2.38. The first kappa shape index (κ1) is 11.6. The van der Waals surface area contributed by atoms with E-state index >= 15 is 0 Å². The van der Waals surface area contributed by atoms with E-state index in [1.54, 1.807) is 11.3 Å². The maximum absolute atomic E-state index is 11.7. The Labute approximate surface area is 101 Å². The predicted molar refractivity (Wildman–Crippen MR) is 67.2 cm³/mol. The van der Waals surface area contributed by atoms with E-state index < -0.39 is 10.8 Å². The average molecular weight is 264 g/mol. The molecule has 1 N–H and O–H groups in total. The Hall–Kier alpha value is 0.1000. The minimum Gasteiger partial charge on any atom is -0.303 e. The van der Waals surface area contributed by atoms with Crippen LogP contribution in [0.25, 0.3) is 0 Å². The van der Waals surface area contributed by atoms with Gasteiger partial charge >= 0.3 is 0 Å². The largest absolute Gasteiger partial charge is 0.303 e. The molecule has 1 aliphatic rings. The molecule has 0 aliphatic carbocycles. The topological polar surface area (TPSA) is 29.1 Å². The zero-order valence-electron chi connectivity index (χ0n) is 8.75. The standard InChI is InChI=1S/C10H14ClNOS2/c1-10(2)6-15(13)5-7(12-10)8-3-4-9(11)14-8/h3-4,7,12H,5-6H2,1-2H3. The number of thiophene rings is 1. The highest BCUT2D eigenvalue weighted by Crippen LogP contribution is 2.31. The summed E-state index contributed by atoms with van der Waals surface area (Å²) in [6.45, 7) is 4.18. The number of hydrogen-bond donors (Lipinski definition) is 1. The van der Waals surface area contributed by atoms with Crippen molar-refractivity contribution in [3.8, 4) is 0 Å². The zero-order valence-corrected chi connectivity index (χ0v) is 11.1. The molecule has 1 aromatic heterocycles. The number of halogens is 1. The Kier molecular flexibility index (Phi) is 3.22. The van der Waals surface area contributed by atoms with Crippen LogP contribution in [0.1, 0.15) is 24.8 Å². The molecule has 1 aromatic rings. The molecule has 0 aromatic carbocycles. The van der Waals surface area contributed by atoms with Crippen molar-refractivity contribution in [3.63, 3.8) is 0 Å². The molecule has 2 unspecified atom stereocenters. The highest BCUT2D eigenvalue weighted by Gasteiger charge is 2.32. The Bertz CT molecular complexity index is 389. The molecule has 2 rings (SSSR count). The van der Waals surface area contributed by atoms with Crippen molar-refractivity contribution in [3.05, 3.63) is 21.3 Å². The lowest BCUT2D eigenvalue weighted by Gasteiger charge is -2.36. The van der Waals surface area contributed by atoms with Crippen LogP contribution in [0.2, 0.25) is 4.34 Å². The first-order valence-corrected chi connectivity index (χ1v) is 7.52. The second-order valence-electron chi connectivity index (χ2n) is 4.47. The Morgan fingerprint density at radius 2 is 2.33 bits per heavy atom. The molecular weight excluding hydrogens is 250 g/mol. The van der Waals surface area contributed by atoms with E-state index in [1.165, 1.54) is 4.88 Å². The molecule has 2 atom stereocenters. The lowest BCUT2D eigenvalue weighted by Crippen LogP contribution is -2.52. The van der Waals surface area contributed by atoms with Crippen LogP contribution in [0.5, 0.6) is 0 Å². The fraction of sp³-hybridized carbons (Fsp3) is 0.600. The van der Waals surface area contributed by atoms with Crippen molar-refractivity contribution in [1.82, 2.24) is 5.32 Å². The normalized spacial score (nSPS) is 30.3. The van der Waals surface area contributed by atoms with Gasteiger partial charge in [0.05, 0.1) is 10.4 Å². The molecule has 0 spiro atoms. The molecule has 5 heteroatoms. The van der Waals surface area contributed by atoms with Gasteiger partial charge in [0, 0.05) is 32.7 Å². The quantitative estimate of drug-likeness (QED) is 0.844. The smallest absolute Gasteiger partial charge is 0.0931 e. The van der Waals surface area contributed by atoms with E-state index in [0.29, 0.717) is 5.75 Å². The summed E-state index contributed by atoms with van der Waals surface area (Å²) in [7, 11) is -0.730. The van der Waals surface area contributed by atoms with Crippen LogP contribution in [-0.4, -0.2) is 21.3 Å². The van der Waals surface area contributed by atoms with Crippen LogP contribution in [0.15, 0.2) is 12.1 Å². The molecule has 2 nitrogen and oxygen atoms in total. The van der Waals surface area contributed by atoms with Crippen molar-refractivity contribution in [2.45, 2.75) is 25.4 Å². The first-order chi connectivity index (χ1) is 6.96. The SMILES string of the molecule is CC1(C)CS(=O)CC(c2ccc(Cl)s2)N1. The number of hydrogen-bond acceptors (Lipinski definition) is 3. The molecule has 0 bridgehead atoms. The molecule has 0 amide bonds. The minimum absolute atomic E-state index is 0.0513. The van der Waals surface area contributed by atoms with Gasteiger partial charge in [0.15, 0.2) is 0 Å². The van der Waals surface area contributed by atoms with Crippen molar-refractivity contribution in [2.75, 3.05) is 11.5 Å². The van der Waals surface area contributed by atoms with Gasteiger partial charge in [-0.25, -0.2) is 0 Å². The van der Waals surface area contributed by atoms with E-state index in [2.05, 4.69) is 19.2 Å². The molecule has 15 heavy (non-hydrogen) atoms. The van der Waals surface area contributed by atoms with Gasteiger partial charge in [0.25, 0.3) is 0 Å². The maximum Gasteiger partial charge on any atom is 0.0931 e. The van der Waals surface area contributed by atoms with Crippen LogP contribution < -0.4 is 5.32 Å². The highest BCUT2D eigenvalue weighted by molar-refractivity contribution is 7.85. The monoisotopic (exact) mass is 263 g/mol. The molecular formula is C10H14ClNOS2. The highest BCUT2D eigenvalue weighted by atomic mass is 35.5. The number of rotatable bonds is 1. The summed E-state index contributed by atoms with van der Waals surface area (Å²) in [4.78, 5) is 1.18. The van der Waals surface area contributed by atoms with Gasteiger partial charge in [-0.1, -0.05) is 11.6 Å². The summed E-state index contributed by atoms with van der Waals surface area (Å²) in [6.07, 6.45) is 0. The lowest BCUT2D eigenvalue weighted by atomic mass is 10.1. The summed E-state index contributed by atoms with van der Waals surface area (Å²) >= 11 is 7.47. The zero-order chi connectivity index (χ0) is 11.1. The molecule has 1 fully saturated rings. The van der Waals surface area contributed by atoms with Crippen LogP contribution in [0.4, 0.5) is 0 Å². The first-order valence-electron chi connectivity index (χ1n) is 4.84. The molecule has 0 radical (unpaired) electrons. The molecule has 0 saturated carbocycles. The van der Waals surface area contributed by atoms with E-state index in [9.17, 15) is 4.21 Å². The van der Waals surface area contributed by atoms with E-state index in [4.69, 9.17) is 11.6 Å². The second kappa shape index (κ2) is 4.17. The molecule has 2 heterocycles. The van der Waals surface area contributed by atoms with Gasteiger partial charge in [-0.2, -0.15) is 0 Å². The average Bonchev–Trinajstić information content (AvgIpc) is 2.48. The van der Waals surface area contributed by atoms with Crippen LogP contribution in [-0.2, 0) is 10.8 Å².